The Morgan fingerprint density at radius 1 is 1.18 bits per heavy atom. The van der Waals surface area contributed by atoms with Gasteiger partial charge in [0.15, 0.2) is 5.79 Å². The van der Waals surface area contributed by atoms with E-state index in [0.717, 1.165) is 5.56 Å². The predicted octanol–water partition coefficient (Wildman–Crippen LogP) is 2.82. The number of benzene rings is 1. The Hall–Kier alpha value is -1.46. The van der Waals surface area contributed by atoms with Crippen LogP contribution in [0.5, 0.6) is 0 Å². The molecule has 1 aliphatic rings. The van der Waals surface area contributed by atoms with Crippen LogP contribution in [0.1, 0.15) is 19.4 Å². The van der Waals surface area contributed by atoms with E-state index in [0.29, 0.717) is 6.61 Å². The van der Waals surface area contributed by atoms with Gasteiger partial charge in [-0.25, -0.2) is 0 Å². The highest BCUT2D eigenvalue weighted by atomic mass is 16.8. The quantitative estimate of drug-likeness (QED) is 0.787. The summed E-state index contributed by atoms with van der Waals surface area (Å²) in [5, 5.41) is 10.1. The van der Waals surface area contributed by atoms with E-state index in [4.69, 9.17) is 14.2 Å². The summed E-state index contributed by atoms with van der Waals surface area (Å²) in [6.45, 7) is 11.5. The van der Waals surface area contributed by atoms with Crippen molar-refractivity contribution in [2.24, 2.45) is 0 Å². The second-order valence-electron chi connectivity index (χ2n) is 5.79. The van der Waals surface area contributed by atoms with Crippen LogP contribution in [0.2, 0.25) is 0 Å². The van der Waals surface area contributed by atoms with Crippen LogP contribution in [0.15, 0.2) is 55.6 Å². The molecule has 0 bridgehead atoms. The minimum atomic E-state index is -0.824. The number of ether oxygens (including phenoxy) is 3. The van der Waals surface area contributed by atoms with Gasteiger partial charge in [0, 0.05) is 0 Å². The standard InChI is InChI=1S/C18H24O4/c1-5-14(19)16-17(22-18(3,4)21-16)15(6-2)20-12-13-10-8-7-9-11-13/h5-11,14-17,19H,1-2,12H2,3-4H3/t14-,15-,16-,17-/m1/s1. The molecule has 1 saturated heterocycles. The molecule has 1 aromatic carbocycles. The minimum absolute atomic E-state index is 0.387. The normalized spacial score (nSPS) is 26.3. The highest BCUT2D eigenvalue weighted by molar-refractivity contribution is 5.13. The van der Waals surface area contributed by atoms with Gasteiger partial charge < -0.3 is 19.3 Å². The molecule has 0 radical (unpaired) electrons. The van der Waals surface area contributed by atoms with Gasteiger partial charge in [0.2, 0.25) is 0 Å². The van der Waals surface area contributed by atoms with Gasteiger partial charge in [0.1, 0.15) is 24.4 Å². The maximum absolute atomic E-state index is 10.1. The molecular weight excluding hydrogens is 280 g/mol. The monoisotopic (exact) mass is 304 g/mol. The molecule has 22 heavy (non-hydrogen) atoms. The van der Waals surface area contributed by atoms with Crippen LogP contribution in [0.25, 0.3) is 0 Å². The van der Waals surface area contributed by atoms with Crippen LogP contribution in [-0.2, 0) is 20.8 Å². The summed E-state index contributed by atoms with van der Waals surface area (Å²) in [4.78, 5) is 0. The second-order valence-corrected chi connectivity index (χ2v) is 5.79. The Labute approximate surface area is 132 Å². The Morgan fingerprint density at radius 3 is 2.41 bits per heavy atom. The van der Waals surface area contributed by atoms with E-state index in [1.165, 1.54) is 6.08 Å². The molecule has 0 aromatic heterocycles. The maximum Gasteiger partial charge on any atom is 0.164 e. The first-order chi connectivity index (χ1) is 10.5. The molecule has 1 aromatic rings. The van der Waals surface area contributed by atoms with Crippen LogP contribution in [0.3, 0.4) is 0 Å². The third kappa shape index (κ3) is 4.05. The van der Waals surface area contributed by atoms with Crippen molar-refractivity contribution in [1.29, 1.82) is 0 Å². The van der Waals surface area contributed by atoms with Gasteiger partial charge in [-0.05, 0) is 19.4 Å². The summed E-state index contributed by atoms with van der Waals surface area (Å²) in [5.74, 6) is -0.781. The zero-order valence-electron chi connectivity index (χ0n) is 13.1. The molecule has 4 atom stereocenters. The average molecular weight is 304 g/mol. The van der Waals surface area contributed by atoms with Crippen LogP contribution < -0.4 is 0 Å². The summed E-state index contributed by atoms with van der Waals surface area (Å²) < 4.78 is 17.6. The number of rotatable bonds is 7. The topological polar surface area (TPSA) is 47.9 Å². The van der Waals surface area contributed by atoms with Gasteiger partial charge in [-0.3, -0.25) is 0 Å². The lowest BCUT2D eigenvalue weighted by molar-refractivity contribution is -0.159. The molecule has 1 N–H and O–H groups in total. The third-order valence-electron chi connectivity index (χ3n) is 3.58. The predicted molar refractivity (Wildman–Crippen MR) is 85.2 cm³/mol. The zero-order valence-corrected chi connectivity index (χ0v) is 13.1. The number of aliphatic hydroxyl groups is 1. The lowest BCUT2D eigenvalue weighted by atomic mass is 10.0. The molecule has 1 aliphatic heterocycles. The highest BCUT2D eigenvalue weighted by Crippen LogP contribution is 2.33. The van der Waals surface area contributed by atoms with E-state index in [-0.39, 0.29) is 6.10 Å². The number of hydrogen-bond acceptors (Lipinski definition) is 4. The molecule has 4 heteroatoms. The van der Waals surface area contributed by atoms with Crippen LogP contribution in [0, 0.1) is 0 Å². The molecule has 120 valence electrons. The molecule has 2 rings (SSSR count). The lowest BCUT2D eigenvalue weighted by Gasteiger charge is -2.26. The van der Waals surface area contributed by atoms with Gasteiger partial charge in [-0.1, -0.05) is 42.5 Å². The molecule has 0 aliphatic carbocycles. The fourth-order valence-electron chi connectivity index (χ4n) is 2.53. The Balaban J connectivity index is 2.07. The Bertz CT molecular complexity index is 497. The minimum Gasteiger partial charge on any atom is -0.386 e. The fraction of sp³-hybridized carbons (Fsp3) is 0.444. The van der Waals surface area contributed by atoms with Crippen molar-refractivity contribution in [3.05, 3.63) is 61.2 Å². The molecule has 0 unspecified atom stereocenters. The molecular formula is C18H24O4. The summed E-state index contributed by atoms with van der Waals surface area (Å²) in [6.07, 6.45) is 0.938. The molecule has 0 saturated carbocycles. The third-order valence-corrected chi connectivity index (χ3v) is 3.58. The van der Waals surface area contributed by atoms with E-state index in [1.807, 2.05) is 44.2 Å². The fourth-order valence-corrected chi connectivity index (χ4v) is 2.53. The number of aliphatic hydroxyl groups excluding tert-OH is 1. The summed E-state index contributed by atoms with van der Waals surface area (Å²) >= 11 is 0. The van der Waals surface area contributed by atoms with Crippen molar-refractivity contribution in [3.63, 3.8) is 0 Å². The van der Waals surface area contributed by atoms with Gasteiger partial charge in [-0.15, -0.1) is 13.2 Å². The number of hydrogen-bond donors (Lipinski definition) is 1. The van der Waals surface area contributed by atoms with Crippen molar-refractivity contribution in [1.82, 2.24) is 0 Å². The van der Waals surface area contributed by atoms with E-state index in [9.17, 15) is 5.11 Å². The first-order valence-electron chi connectivity index (χ1n) is 7.41. The van der Waals surface area contributed by atoms with E-state index < -0.39 is 24.1 Å². The summed E-state index contributed by atoms with van der Waals surface area (Å²) in [5.41, 5.74) is 1.06. The highest BCUT2D eigenvalue weighted by Gasteiger charge is 2.47. The molecule has 1 heterocycles. The largest absolute Gasteiger partial charge is 0.386 e. The van der Waals surface area contributed by atoms with Gasteiger partial charge in [0.05, 0.1) is 6.61 Å². The first kappa shape index (κ1) is 16.9. The molecule has 1 fully saturated rings. The van der Waals surface area contributed by atoms with E-state index in [1.54, 1.807) is 6.08 Å². The van der Waals surface area contributed by atoms with Crippen molar-refractivity contribution < 1.29 is 19.3 Å². The van der Waals surface area contributed by atoms with Gasteiger partial charge >= 0.3 is 0 Å². The van der Waals surface area contributed by atoms with Crippen LogP contribution in [-0.4, -0.2) is 35.3 Å². The van der Waals surface area contributed by atoms with Crippen molar-refractivity contribution in [2.45, 2.75) is 50.7 Å². The van der Waals surface area contributed by atoms with Crippen molar-refractivity contribution in [2.75, 3.05) is 0 Å². The zero-order chi connectivity index (χ0) is 16.2. The van der Waals surface area contributed by atoms with Gasteiger partial charge in [-0.2, -0.15) is 0 Å². The Morgan fingerprint density at radius 2 is 1.82 bits per heavy atom. The molecule has 4 nitrogen and oxygen atoms in total. The van der Waals surface area contributed by atoms with Gasteiger partial charge in [0.25, 0.3) is 0 Å². The maximum atomic E-state index is 10.1. The van der Waals surface area contributed by atoms with E-state index >= 15 is 0 Å². The van der Waals surface area contributed by atoms with Crippen molar-refractivity contribution >= 4 is 0 Å². The van der Waals surface area contributed by atoms with Crippen LogP contribution in [0.4, 0.5) is 0 Å². The SMILES string of the molecule is C=C[C@@H](O)[C@H]1OC(C)(C)O[C@@H]1[C@@H](C=C)OCc1ccccc1. The smallest absolute Gasteiger partial charge is 0.164 e. The summed E-state index contributed by atoms with van der Waals surface area (Å²) in [7, 11) is 0. The first-order valence-corrected chi connectivity index (χ1v) is 7.41. The molecule has 0 spiro atoms. The second kappa shape index (κ2) is 7.20. The lowest BCUT2D eigenvalue weighted by Crippen LogP contribution is -2.41. The molecule has 0 amide bonds. The van der Waals surface area contributed by atoms with Crippen LogP contribution >= 0.6 is 0 Å². The van der Waals surface area contributed by atoms with E-state index in [2.05, 4.69) is 13.2 Å². The Kier molecular flexibility index (Phi) is 5.53. The van der Waals surface area contributed by atoms with Crippen molar-refractivity contribution in [3.8, 4) is 0 Å². The average Bonchev–Trinajstić information content (AvgIpc) is 2.84. The summed E-state index contributed by atoms with van der Waals surface area (Å²) in [6, 6.07) is 9.87.